The monoisotopic (exact) mass is 288 g/mol. The molecule has 3 heterocycles. The Kier molecular flexibility index (Phi) is 4.94. The van der Waals surface area contributed by atoms with Gasteiger partial charge in [0.15, 0.2) is 0 Å². The molecule has 4 heteroatoms. The van der Waals surface area contributed by atoms with Gasteiger partial charge in [0.1, 0.15) is 17.5 Å². The van der Waals surface area contributed by atoms with Crippen LogP contribution >= 0.6 is 0 Å². The van der Waals surface area contributed by atoms with Crippen molar-refractivity contribution in [1.29, 1.82) is 0 Å². The third-order valence-electron chi connectivity index (χ3n) is 4.67. The van der Waals surface area contributed by atoms with Crippen LogP contribution in [-0.4, -0.2) is 36.1 Å². The Morgan fingerprint density at radius 3 is 1.43 bits per heavy atom. The van der Waals surface area contributed by atoms with Gasteiger partial charge in [-0.25, -0.2) is 9.97 Å². The van der Waals surface area contributed by atoms with Gasteiger partial charge in [-0.2, -0.15) is 0 Å². The van der Waals surface area contributed by atoms with Crippen molar-refractivity contribution < 1.29 is 0 Å². The van der Waals surface area contributed by atoms with Crippen molar-refractivity contribution in [1.82, 2.24) is 9.97 Å². The maximum Gasteiger partial charge on any atom is 0.134 e. The molecule has 2 fully saturated rings. The molecule has 0 amide bonds. The highest BCUT2D eigenvalue weighted by atomic mass is 15.2. The molecule has 2 aliphatic heterocycles. The molecule has 0 aromatic carbocycles. The summed E-state index contributed by atoms with van der Waals surface area (Å²) in [5, 5.41) is 0. The average molecular weight is 288 g/mol. The molecule has 0 saturated carbocycles. The fraction of sp³-hybridized carbons (Fsp3) is 0.765. The Labute approximate surface area is 128 Å². The lowest BCUT2D eigenvalue weighted by molar-refractivity contribution is 0.726. The van der Waals surface area contributed by atoms with E-state index in [1.54, 1.807) is 0 Å². The standard InChI is InChI=1S/C17H28N4/c1-15-18-16(20-10-6-2-3-7-11-20)14-17(19-15)21-12-8-4-5-9-13-21/h14H,2-13H2,1H3. The minimum Gasteiger partial charge on any atom is -0.356 e. The Bertz CT molecular complexity index is 406. The Hall–Kier alpha value is -1.32. The van der Waals surface area contributed by atoms with Gasteiger partial charge in [-0.1, -0.05) is 25.7 Å². The van der Waals surface area contributed by atoms with E-state index >= 15 is 0 Å². The molecule has 0 N–H and O–H groups in total. The summed E-state index contributed by atoms with van der Waals surface area (Å²) in [7, 11) is 0. The summed E-state index contributed by atoms with van der Waals surface area (Å²) >= 11 is 0. The van der Waals surface area contributed by atoms with E-state index in [4.69, 9.17) is 9.97 Å². The maximum absolute atomic E-state index is 4.71. The molecular weight excluding hydrogens is 260 g/mol. The Morgan fingerprint density at radius 2 is 1.05 bits per heavy atom. The first kappa shape index (κ1) is 14.6. The van der Waals surface area contributed by atoms with Gasteiger partial charge in [0, 0.05) is 32.2 Å². The van der Waals surface area contributed by atoms with Gasteiger partial charge in [0.25, 0.3) is 0 Å². The molecule has 116 valence electrons. The van der Waals surface area contributed by atoms with Gasteiger partial charge in [0.2, 0.25) is 0 Å². The third kappa shape index (κ3) is 3.86. The van der Waals surface area contributed by atoms with E-state index in [1.807, 2.05) is 6.92 Å². The largest absolute Gasteiger partial charge is 0.356 e. The summed E-state index contributed by atoms with van der Waals surface area (Å²) < 4.78 is 0. The lowest BCUT2D eigenvalue weighted by atomic mass is 10.2. The minimum absolute atomic E-state index is 0.913. The molecule has 2 saturated heterocycles. The van der Waals surface area contributed by atoms with Gasteiger partial charge >= 0.3 is 0 Å². The molecule has 3 rings (SSSR count). The first-order valence-corrected chi connectivity index (χ1v) is 8.68. The van der Waals surface area contributed by atoms with Crippen LogP contribution in [0.3, 0.4) is 0 Å². The molecule has 2 aliphatic rings. The smallest absolute Gasteiger partial charge is 0.134 e. The molecule has 4 nitrogen and oxygen atoms in total. The molecule has 1 aromatic rings. The van der Waals surface area contributed by atoms with E-state index in [2.05, 4.69) is 15.9 Å². The van der Waals surface area contributed by atoms with Crippen molar-refractivity contribution in [2.45, 2.75) is 58.3 Å². The zero-order valence-corrected chi connectivity index (χ0v) is 13.4. The van der Waals surface area contributed by atoms with Crippen LogP contribution in [0, 0.1) is 6.92 Å². The van der Waals surface area contributed by atoms with Crippen molar-refractivity contribution in [2.75, 3.05) is 36.0 Å². The van der Waals surface area contributed by atoms with Crippen LogP contribution in [0.5, 0.6) is 0 Å². The summed E-state index contributed by atoms with van der Waals surface area (Å²) in [6.45, 7) is 6.63. The van der Waals surface area contributed by atoms with Crippen LogP contribution in [0.4, 0.5) is 11.6 Å². The Balaban J connectivity index is 1.80. The quantitative estimate of drug-likeness (QED) is 0.833. The van der Waals surface area contributed by atoms with E-state index in [0.717, 1.165) is 43.6 Å². The van der Waals surface area contributed by atoms with E-state index in [0.29, 0.717) is 0 Å². The highest BCUT2D eigenvalue weighted by Gasteiger charge is 2.16. The normalized spacial score (nSPS) is 21.0. The number of anilines is 2. The first-order chi connectivity index (χ1) is 10.3. The number of aryl methyl sites for hydroxylation is 1. The predicted molar refractivity (Wildman–Crippen MR) is 88.1 cm³/mol. The molecule has 0 bridgehead atoms. The molecule has 0 aliphatic carbocycles. The maximum atomic E-state index is 4.71. The van der Waals surface area contributed by atoms with E-state index in [1.165, 1.54) is 51.4 Å². The van der Waals surface area contributed by atoms with Crippen LogP contribution in [-0.2, 0) is 0 Å². The number of hydrogen-bond donors (Lipinski definition) is 0. The second-order valence-electron chi connectivity index (χ2n) is 6.43. The molecular formula is C17H28N4. The number of hydrogen-bond acceptors (Lipinski definition) is 4. The van der Waals surface area contributed by atoms with Crippen LogP contribution < -0.4 is 9.80 Å². The zero-order chi connectivity index (χ0) is 14.5. The summed E-state index contributed by atoms with van der Waals surface area (Å²) in [4.78, 5) is 14.3. The van der Waals surface area contributed by atoms with Crippen LogP contribution in [0.1, 0.15) is 57.2 Å². The van der Waals surface area contributed by atoms with Crippen molar-refractivity contribution in [2.24, 2.45) is 0 Å². The van der Waals surface area contributed by atoms with E-state index < -0.39 is 0 Å². The first-order valence-electron chi connectivity index (χ1n) is 8.68. The fourth-order valence-corrected chi connectivity index (χ4v) is 3.46. The third-order valence-corrected chi connectivity index (χ3v) is 4.67. The van der Waals surface area contributed by atoms with Crippen LogP contribution in [0.2, 0.25) is 0 Å². The molecule has 1 aromatic heterocycles. The van der Waals surface area contributed by atoms with E-state index in [-0.39, 0.29) is 0 Å². The molecule has 21 heavy (non-hydrogen) atoms. The fourth-order valence-electron chi connectivity index (χ4n) is 3.46. The second-order valence-corrected chi connectivity index (χ2v) is 6.43. The molecule has 0 spiro atoms. The molecule has 0 radical (unpaired) electrons. The van der Waals surface area contributed by atoms with Gasteiger partial charge in [0.05, 0.1) is 0 Å². The van der Waals surface area contributed by atoms with Gasteiger partial charge < -0.3 is 9.80 Å². The van der Waals surface area contributed by atoms with Gasteiger partial charge in [-0.15, -0.1) is 0 Å². The summed E-state index contributed by atoms with van der Waals surface area (Å²) in [6.07, 6.45) is 10.6. The number of rotatable bonds is 2. The van der Waals surface area contributed by atoms with Gasteiger partial charge in [-0.05, 0) is 32.6 Å². The van der Waals surface area contributed by atoms with Crippen molar-refractivity contribution in [3.8, 4) is 0 Å². The van der Waals surface area contributed by atoms with E-state index in [9.17, 15) is 0 Å². The average Bonchev–Trinajstić information content (AvgIpc) is 2.92. The minimum atomic E-state index is 0.913. The van der Waals surface area contributed by atoms with Gasteiger partial charge in [-0.3, -0.25) is 0 Å². The summed E-state index contributed by atoms with van der Waals surface area (Å²) in [5.74, 6) is 3.20. The van der Waals surface area contributed by atoms with Crippen molar-refractivity contribution >= 4 is 11.6 Å². The SMILES string of the molecule is Cc1nc(N2CCCCCC2)cc(N2CCCCCC2)n1. The molecule has 0 unspecified atom stereocenters. The van der Waals surface area contributed by atoms with Crippen LogP contribution in [0.25, 0.3) is 0 Å². The number of nitrogens with zero attached hydrogens (tertiary/aromatic N) is 4. The zero-order valence-electron chi connectivity index (χ0n) is 13.4. The predicted octanol–water partition coefficient (Wildman–Crippen LogP) is 3.55. The lowest BCUT2D eigenvalue weighted by Crippen LogP contribution is -2.28. The summed E-state index contributed by atoms with van der Waals surface area (Å²) in [6, 6.07) is 2.23. The second kappa shape index (κ2) is 7.10. The Morgan fingerprint density at radius 1 is 0.667 bits per heavy atom. The van der Waals surface area contributed by atoms with Crippen molar-refractivity contribution in [3.63, 3.8) is 0 Å². The molecule has 0 atom stereocenters. The highest BCUT2D eigenvalue weighted by Crippen LogP contribution is 2.24. The highest BCUT2D eigenvalue weighted by molar-refractivity contribution is 5.51. The lowest BCUT2D eigenvalue weighted by Gasteiger charge is -2.26. The van der Waals surface area contributed by atoms with Crippen LogP contribution in [0.15, 0.2) is 6.07 Å². The topological polar surface area (TPSA) is 32.3 Å². The van der Waals surface area contributed by atoms with Crippen molar-refractivity contribution in [3.05, 3.63) is 11.9 Å². The number of aromatic nitrogens is 2. The summed E-state index contributed by atoms with van der Waals surface area (Å²) in [5.41, 5.74) is 0.